The van der Waals surface area contributed by atoms with Gasteiger partial charge in [-0.1, -0.05) is 32.9 Å². The summed E-state index contributed by atoms with van der Waals surface area (Å²) in [5, 5.41) is 0. The molecule has 0 unspecified atom stereocenters. The zero-order chi connectivity index (χ0) is 11.7. The summed E-state index contributed by atoms with van der Waals surface area (Å²) < 4.78 is 26.2. The van der Waals surface area contributed by atoms with E-state index in [2.05, 4.69) is 20.8 Å². The summed E-state index contributed by atoms with van der Waals surface area (Å²) in [7, 11) is 0. The van der Waals surface area contributed by atoms with Crippen LogP contribution in [-0.4, -0.2) is 4.75 Å². The Hall–Kier alpha value is -0.570. The maximum absolute atomic E-state index is 13.1. The van der Waals surface area contributed by atoms with E-state index in [0.717, 1.165) is 11.8 Å². The van der Waals surface area contributed by atoms with Crippen molar-refractivity contribution in [3.8, 4) is 0 Å². The van der Waals surface area contributed by atoms with E-state index in [0.29, 0.717) is 0 Å². The highest BCUT2D eigenvalue weighted by Gasteiger charge is 2.24. The van der Waals surface area contributed by atoms with Crippen molar-refractivity contribution in [3.63, 3.8) is 0 Å². The van der Waals surface area contributed by atoms with E-state index >= 15 is 0 Å². The van der Waals surface area contributed by atoms with Crippen molar-refractivity contribution in [2.45, 2.75) is 43.3 Å². The lowest BCUT2D eigenvalue weighted by Crippen LogP contribution is -2.09. The number of alkyl halides is 2. The van der Waals surface area contributed by atoms with Crippen LogP contribution in [0.5, 0.6) is 0 Å². The van der Waals surface area contributed by atoms with Crippen molar-refractivity contribution >= 4 is 11.8 Å². The summed E-state index contributed by atoms with van der Waals surface area (Å²) in [5.41, 5.74) is 0.0803. The Balaban J connectivity index is 2.94. The van der Waals surface area contributed by atoms with E-state index in [9.17, 15) is 8.78 Å². The third-order valence-electron chi connectivity index (χ3n) is 1.76. The summed E-state index contributed by atoms with van der Waals surface area (Å²) in [6.45, 7) is 7.12. The molecule has 0 spiro atoms. The zero-order valence-corrected chi connectivity index (χ0v) is 10.3. The van der Waals surface area contributed by atoms with Gasteiger partial charge >= 0.3 is 0 Å². The molecular weight excluding hydrogens is 214 g/mol. The first-order valence-electron chi connectivity index (χ1n) is 4.86. The van der Waals surface area contributed by atoms with Crippen LogP contribution >= 0.6 is 11.8 Å². The fourth-order valence-corrected chi connectivity index (χ4v) is 2.23. The fourth-order valence-electron chi connectivity index (χ4n) is 1.19. The number of hydrogen-bond acceptors (Lipinski definition) is 1. The lowest BCUT2D eigenvalue weighted by molar-refractivity contribution is 0.0172. The van der Waals surface area contributed by atoms with Gasteiger partial charge in [-0.15, -0.1) is 11.8 Å². The smallest absolute Gasteiger partial charge is 0.202 e. The standard InChI is InChI=1S/C12H16F2S/c1-11(2,3)15-10-7-5-6-9(8-10)12(4,13)14/h5-8H,1-4H3. The average Bonchev–Trinajstić information content (AvgIpc) is 1.99. The maximum Gasteiger partial charge on any atom is 0.270 e. The Morgan fingerprint density at radius 2 is 1.67 bits per heavy atom. The van der Waals surface area contributed by atoms with Gasteiger partial charge in [0.15, 0.2) is 0 Å². The van der Waals surface area contributed by atoms with Gasteiger partial charge in [0.05, 0.1) is 0 Å². The maximum atomic E-state index is 13.1. The van der Waals surface area contributed by atoms with Crippen molar-refractivity contribution in [2.75, 3.05) is 0 Å². The molecule has 0 aliphatic heterocycles. The third kappa shape index (κ3) is 4.20. The summed E-state index contributed by atoms with van der Waals surface area (Å²) in [6, 6.07) is 6.58. The molecular formula is C12H16F2S. The minimum absolute atomic E-state index is 0.0433. The molecule has 1 aromatic rings. The van der Waals surface area contributed by atoms with Gasteiger partial charge in [0.2, 0.25) is 0 Å². The van der Waals surface area contributed by atoms with Crippen molar-refractivity contribution in [2.24, 2.45) is 0 Å². The Morgan fingerprint density at radius 1 is 1.07 bits per heavy atom. The van der Waals surface area contributed by atoms with E-state index in [1.165, 1.54) is 6.07 Å². The van der Waals surface area contributed by atoms with Gasteiger partial charge in [0.25, 0.3) is 5.92 Å². The van der Waals surface area contributed by atoms with Crippen LogP contribution in [0.3, 0.4) is 0 Å². The van der Waals surface area contributed by atoms with Crippen LogP contribution in [0.25, 0.3) is 0 Å². The molecule has 0 fully saturated rings. The lowest BCUT2D eigenvalue weighted by atomic mass is 10.1. The number of hydrogen-bond donors (Lipinski definition) is 0. The van der Waals surface area contributed by atoms with E-state index in [1.54, 1.807) is 23.9 Å². The van der Waals surface area contributed by atoms with Crippen molar-refractivity contribution in [1.82, 2.24) is 0 Å². The van der Waals surface area contributed by atoms with Crippen LogP contribution in [-0.2, 0) is 5.92 Å². The first kappa shape index (κ1) is 12.5. The second-order valence-electron chi connectivity index (χ2n) is 4.63. The molecule has 0 bridgehead atoms. The van der Waals surface area contributed by atoms with Crippen molar-refractivity contribution < 1.29 is 8.78 Å². The van der Waals surface area contributed by atoms with Crippen molar-refractivity contribution in [1.29, 1.82) is 0 Å². The largest absolute Gasteiger partial charge is 0.270 e. The second kappa shape index (κ2) is 4.12. The van der Waals surface area contributed by atoms with E-state index in [1.807, 2.05) is 6.07 Å². The molecule has 0 nitrogen and oxygen atoms in total. The second-order valence-corrected chi connectivity index (χ2v) is 6.53. The molecule has 0 N–H and O–H groups in total. The first-order valence-corrected chi connectivity index (χ1v) is 5.67. The molecule has 0 atom stereocenters. The van der Waals surface area contributed by atoms with Crippen LogP contribution in [0.1, 0.15) is 33.3 Å². The molecule has 3 heteroatoms. The van der Waals surface area contributed by atoms with Crippen LogP contribution in [0, 0.1) is 0 Å². The fraction of sp³-hybridized carbons (Fsp3) is 0.500. The topological polar surface area (TPSA) is 0 Å². The molecule has 0 aromatic heterocycles. The highest BCUT2D eigenvalue weighted by Crippen LogP contribution is 2.35. The van der Waals surface area contributed by atoms with Gasteiger partial charge in [-0.25, -0.2) is 8.78 Å². The molecule has 0 saturated heterocycles. The minimum atomic E-state index is -2.76. The average molecular weight is 230 g/mol. The normalized spacial score (nSPS) is 12.9. The van der Waals surface area contributed by atoms with E-state index in [4.69, 9.17) is 0 Å². The summed E-state index contributed by atoms with van der Waals surface area (Å²) in [5.74, 6) is -2.76. The molecule has 1 aromatic carbocycles. The van der Waals surface area contributed by atoms with Crippen LogP contribution < -0.4 is 0 Å². The third-order valence-corrected chi connectivity index (χ3v) is 2.87. The molecule has 0 radical (unpaired) electrons. The Labute approximate surface area is 94.1 Å². The van der Waals surface area contributed by atoms with Gasteiger partial charge in [-0.05, 0) is 12.1 Å². The summed E-state index contributed by atoms with van der Waals surface area (Å²) in [4.78, 5) is 0.890. The number of rotatable bonds is 2. The molecule has 0 aliphatic carbocycles. The Kier molecular flexibility index (Phi) is 3.44. The molecule has 1 rings (SSSR count). The van der Waals surface area contributed by atoms with E-state index in [-0.39, 0.29) is 10.3 Å². The molecule has 0 heterocycles. The number of halogens is 2. The van der Waals surface area contributed by atoms with Gasteiger partial charge in [0.1, 0.15) is 0 Å². The molecule has 15 heavy (non-hydrogen) atoms. The number of thioether (sulfide) groups is 1. The van der Waals surface area contributed by atoms with Crippen LogP contribution in [0.2, 0.25) is 0 Å². The van der Waals surface area contributed by atoms with Crippen molar-refractivity contribution in [3.05, 3.63) is 29.8 Å². The SMILES string of the molecule is CC(C)(C)Sc1cccc(C(C)(F)F)c1. The van der Waals surface area contributed by atoms with Gasteiger partial charge < -0.3 is 0 Å². The lowest BCUT2D eigenvalue weighted by Gasteiger charge is -2.19. The minimum Gasteiger partial charge on any atom is -0.202 e. The summed E-state index contributed by atoms with van der Waals surface area (Å²) >= 11 is 1.60. The molecule has 84 valence electrons. The first-order chi connectivity index (χ1) is 6.68. The van der Waals surface area contributed by atoms with Crippen LogP contribution in [0.15, 0.2) is 29.2 Å². The van der Waals surface area contributed by atoms with Gasteiger partial charge in [-0.3, -0.25) is 0 Å². The van der Waals surface area contributed by atoms with E-state index < -0.39 is 5.92 Å². The van der Waals surface area contributed by atoms with Crippen LogP contribution in [0.4, 0.5) is 8.78 Å². The monoisotopic (exact) mass is 230 g/mol. The molecule has 0 saturated carbocycles. The highest BCUT2D eigenvalue weighted by atomic mass is 32.2. The molecule has 0 amide bonds. The molecule has 0 aliphatic rings. The Bertz CT molecular complexity index is 334. The predicted octanol–water partition coefficient (Wildman–Crippen LogP) is 4.69. The van der Waals surface area contributed by atoms with Gasteiger partial charge in [-0.2, -0.15) is 0 Å². The zero-order valence-electron chi connectivity index (χ0n) is 9.47. The summed E-state index contributed by atoms with van der Waals surface area (Å²) in [6.07, 6.45) is 0. The van der Waals surface area contributed by atoms with Gasteiger partial charge in [0, 0.05) is 22.1 Å². The predicted molar refractivity (Wildman–Crippen MR) is 61.6 cm³/mol. The Morgan fingerprint density at radius 3 is 2.13 bits per heavy atom. The number of benzene rings is 1. The highest BCUT2D eigenvalue weighted by molar-refractivity contribution is 8.00. The quantitative estimate of drug-likeness (QED) is 0.664.